The molecule has 0 aliphatic carbocycles. The standard InChI is InChI=1S/C13H24ClN5/c1-5-10(6-2)19(8-9(3)4)12-11(14)7-16-13(17-12)18-15/h7,9-10H,5-6,8,15H2,1-4H3,(H,16,17,18). The Morgan fingerprint density at radius 2 is 2.00 bits per heavy atom. The van der Waals surface area contributed by atoms with Gasteiger partial charge in [0.1, 0.15) is 5.02 Å². The fourth-order valence-electron chi connectivity index (χ4n) is 2.16. The molecule has 0 aliphatic rings. The molecule has 0 amide bonds. The van der Waals surface area contributed by atoms with Crippen molar-refractivity contribution in [3.05, 3.63) is 11.2 Å². The minimum absolute atomic E-state index is 0.388. The average Bonchev–Trinajstić information content (AvgIpc) is 2.39. The quantitative estimate of drug-likeness (QED) is 0.595. The molecule has 108 valence electrons. The topological polar surface area (TPSA) is 67.1 Å². The van der Waals surface area contributed by atoms with Crippen molar-refractivity contribution in [1.82, 2.24) is 9.97 Å². The van der Waals surface area contributed by atoms with E-state index in [-0.39, 0.29) is 0 Å². The van der Waals surface area contributed by atoms with Crippen LogP contribution in [0.15, 0.2) is 6.20 Å². The van der Waals surface area contributed by atoms with E-state index in [1.807, 2.05) is 0 Å². The lowest BCUT2D eigenvalue weighted by Crippen LogP contribution is -2.38. The SMILES string of the molecule is CCC(CC)N(CC(C)C)c1nc(NN)ncc1Cl. The van der Waals surface area contributed by atoms with Gasteiger partial charge < -0.3 is 4.90 Å². The van der Waals surface area contributed by atoms with Gasteiger partial charge >= 0.3 is 0 Å². The van der Waals surface area contributed by atoms with Crippen LogP contribution in [0.1, 0.15) is 40.5 Å². The number of hydrogen-bond acceptors (Lipinski definition) is 5. The highest BCUT2D eigenvalue weighted by Gasteiger charge is 2.21. The molecule has 0 unspecified atom stereocenters. The van der Waals surface area contributed by atoms with Crippen LogP contribution >= 0.6 is 11.6 Å². The molecule has 5 nitrogen and oxygen atoms in total. The molecule has 1 aromatic rings. The van der Waals surface area contributed by atoms with Crippen molar-refractivity contribution in [3.63, 3.8) is 0 Å². The van der Waals surface area contributed by atoms with Gasteiger partial charge in [-0.15, -0.1) is 0 Å². The molecule has 19 heavy (non-hydrogen) atoms. The number of nitrogen functional groups attached to an aromatic ring is 1. The maximum Gasteiger partial charge on any atom is 0.239 e. The maximum atomic E-state index is 6.25. The summed E-state index contributed by atoms with van der Waals surface area (Å²) in [4.78, 5) is 10.7. The molecule has 0 spiro atoms. The average molecular weight is 286 g/mol. The first-order valence-electron chi connectivity index (χ1n) is 6.79. The van der Waals surface area contributed by atoms with Crippen LogP contribution in [0, 0.1) is 5.92 Å². The number of hydrazine groups is 1. The summed E-state index contributed by atoms with van der Waals surface area (Å²) in [5.74, 6) is 7.05. The smallest absolute Gasteiger partial charge is 0.239 e. The predicted molar refractivity (Wildman–Crippen MR) is 81.4 cm³/mol. The Kier molecular flexibility index (Phi) is 6.31. The van der Waals surface area contributed by atoms with E-state index in [0.29, 0.717) is 22.9 Å². The van der Waals surface area contributed by atoms with E-state index in [2.05, 4.69) is 48.0 Å². The van der Waals surface area contributed by atoms with Gasteiger partial charge in [-0.05, 0) is 18.8 Å². The van der Waals surface area contributed by atoms with Crippen molar-refractivity contribution < 1.29 is 0 Å². The molecule has 1 aromatic heterocycles. The summed E-state index contributed by atoms with van der Waals surface area (Å²) in [5, 5.41) is 0.562. The Bertz CT molecular complexity index is 393. The molecule has 0 atom stereocenters. The summed E-state index contributed by atoms with van der Waals surface area (Å²) in [6.07, 6.45) is 3.69. The molecule has 0 saturated carbocycles. The van der Waals surface area contributed by atoms with Gasteiger partial charge in [-0.2, -0.15) is 4.98 Å². The Morgan fingerprint density at radius 3 is 2.47 bits per heavy atom. The molecule has 0 radical (unpaired) electrons. The minimum atomic E-state index is 0.388. The largest absolute Gasteiger partial charge is 0.352 e. The van der Waals surface area contributed by atoms with E-state index in [4.69, 9.17) is 17.4 Å². The highest BCUT2D eigenvalue weighted by atomic mass is 35.5. The van der Waals surface area contributed by atoms with Crippen LogP contribution in [0.25, 0.3) is 0 Å². The maximum absolute atomic E-state index is 6.25. The van der Waals surface area contributed by atoms with Crippen LogP contribution in [-0.2, 0) is 0 Å². The molecule has 0 bridgehead atoms. The number of nitrogens with two attached hydrogens (primary N) is 1. The van der Waals surface area contributed by atoms with Gasteiger partial charge in [-0.25, -0.2) is 10.8 Å². The van der Waals surface area contributed by atoms with Gasteiger partial charge in [0.2, 0.25) is 5.95 Å². The zero-order valence-corrected chi connectivity index (χ0v) is 12.9. The van der Waals surface area contributed by atoms with Crippen LogP contribution in [0.2, 0.25) is 5.02 Å². The van der Waals surface area contributed by atoms with Crippen molar-refractivity contribution in [2.75, 3.05) is 16.9 Å². The summed E-state index contributed by atoms with van der Waals surface area (Å²) < 4.78 is 0. The number of rotatable bonds is 7. The number of aromatic nitrogens is 2. The lowest BCUT2D eigenvalue weighted by molar-refractivity contribution is 0.503. The number of anilines is 2. The first-order valence-corrected chi connectivity index (χ1v) is 7.17. The summed E-state index contributed by atoms with van der Waals surface area (Å²) >= 11 is 6.25. The van der Waals surface area contributed by atoms with Gasteiger partial charge in [0, 0.05) is 12.6 Å². The second-order valence-electron chi connectivity index (χ2n) is 5.03. The summed E-state index contributed by atoms with van der Waals surface area (Å²) in [7, 11) is 0. The van der Waals surface area contributed by atoms with E-state index < -0.39 is 0 Å². The van der Waals surface area contributed by atoms with E-state index in [1.54, 1.807) is 6.20 Å². The third-order valence-electron chi connectivity index (χ3n) is 3.07. The monoisotopic (exact) mass is 285 g/mol. The first-order chi connectivity index (χ1) is 9.03. The van der Waals surface area contributed by atoms with Gasteiger partial charge in [0.05, 0.1) is 6.20 Å². The van der Waals surface area contributed by atoms with Crippen molar-refractivity contribution in [2.45, 2.75) is 46.6 Å². The predicted octanol–water partition coefficient (Wildman–Crippen LogP) is 3.07. The zero-order valence-electron chi connectivity index (χ0n) is 12.2. The molecular formula is C13H24ClN5. The van der Waals surface area contributed by atoms with Crippen LogP contribution in [0.4, 0.5) is 11.8 Å². The molecule has 0 aliphatic heterocycles. The fraction of sp³-hybridized carbons (Fsp3) is 0.692. The second kappa shape index (κ2) is 7.50. The number of halogens is 1. The van der Waals surface area contributed by atoms with Gasteiger partial charge in [0.15, 0.2) is 5.82 Å². The van der Waals surface area contributed by atoms with Gasteiger partial charge in [-0.1, -0.05) is 39.3 Å². The van der Waals surface area contributed by atoms with E-state index in [0.717, 1.165) is 25.2 Å². The lowest BCUT2D eigenvalue weighted by Gasteiger charge is -2.33. The molecule has 0 saturated heterocycles. The number of nitrogens with one attached hydrogen (secondary N) is 1. The normalized spacial score (nSPS) is 11.2. The number of nitrogens with zero attached hydrogens (tertiary/aromatic N) is 3. The molecule has 3 N–H and O–H groups in total. The fourth-order valence-corrected chi connectivity index (χ4v) is 2.36. The number of hydrogen-bond donors (Lipinski definition) is 2. The zero-order chi connectivity index (χ0) is 14.4. The first kappa shape index (κ1) is 16.0. The molecule has 0 aromatic carbocycles. The molecule has 6 heteroatoms. The van der Waals surface area contributed by atoms with Crippen molar-refractivity contribution >= 4 is 23.4 Å². The molecular weight excluding hydrogens is 262 g/mol. The van der Waals surface area contributed by atoms with Crippen molar-refractivity contribution in [1.29, 1.82) is 0 Å². The van der Waals surface area contributed by atoms with Crippen LogP contribution < -0.4 is 16.2 Å². The Balaban J connectivity index is 3.15. The van der Waals surface area contributed by atoms with E-state index in [9.17, 15) is 0 Å². The summed E-state index contributed by atoms with van der Waals surface area (Å²) in [5.41, 5.74) is 2.47. The van der Waals surface area contributed by atoms with Gasteiger partial charge in [0.25, 0.3) is 0 Å². The minimum Gasteiger partial charge on any atom is -0.352 e. The van der Waals surface area contributed by atoms with E-state index >= 15 is 0 Å². The summed E-state index contributed by atoms with van der Waals surface area (Å²) in [6, 6.07) is 0.417. The summed E-state index contributed by atoms with van der Waals surface area (Å²) in [6.45, 7) is 9.64. The Labute approximate surface area is 120 Å². The van der Waals surface area contributed by atoms with Gasteiger partial charge in [-0.3, -0.25) is 5.43 Å². The third kappa shape index (κ3) is 4.21. The Hall–Kier alpha value is -1.07. The lowest BCUT2D eigenvalue weighted by atomic mass is 10.1. The molecule has 1 rings (SSSR count). The van der Waals surface area contributed by atoms with Crippen LogP contribution in [0.5, 0.6) is 0 Å². The molecule has 1 heterocycles. The Morgan fingerprint density at radius 1 is 1.37 bits per heavy atom. The van der Waals surface area contributed by atoms with Crippen molar-refractivity contribution in [3.8, 4) is 0 Å². The second-order valence-corrected chi connectivity index (χ2v) is 5.43. The molecule has 0 fully saturated rings. The van der Waals surface area contributed by atoms with Crippen LogP contribution in [0.3, 0.4) is 0 Å². The highest BCUT2D eigenvalue weighted by molar-refractivity contribution is 6.32. The third-order valence-corrected chi connectivity index (χ3v) is 3.34. The van der Waals surface area contributed by atoms with Crippen molar-refractivity contribution in [2.24, 2.45) is 11.8 Å². The highest BCUT2D eigenvalue weighted by Crippen LogP contribution is 2.28. The van der Waals surface area contributed by atoms with Crippen LogP contribution in [-0.4, -0.2) is 22.6 Å². The van der Waals surface area contributed by atoms with E-state index in [1.165, 1.54) is 0 Å².